The number of aryl methyl sites for hydroxylation is 1. The van der Waals surface area contributed by atoms with Gasteiger partial charge in [-0.2, -0.15) is 0 Å². The molecule has 0 atom stereocenters. The second-order valence-corrected chi connectivity index (χ2v) is 6.51. The Morgan fingerprint density at radius 2 is 2.09 bits per heavy atom. The maximum Gasteiger partial charge on any atom is 0.337 e. The van der Waals surface area contributed by atoms with Gasteiger partial charge in [-0.1, -0.05) is 23.9 Å². The fourth-order valence-corrected chi connectivity index (χ4v) is 3.57. The lowest BCUT2D eigenvalue weighted by molar-refractivity contribution is 0.0601. The van der Waals surface area contributed by atoms with Crippen LogP contribution in [0.15, 0.2) is 34.8 Å². The SMILES string of the molecule is COC(=O)c1ccc(-c2nc(CSc3n[nH]c(C)n3)cs2)cc1. The Bertz CT molecular complexity index is 811. The normalized spacial score (nSPS) is 10.7. The smallest absolute Gasteiger partial charge is 0.337 e. The predicted molar refractivity (Wildman–Crippen MR) is 89.6 cm³/mol. The van der Waals surface area contributed by atoms with Crippen LogP contribution in [0, 0.1) is 6.92 Å². The standard InChI is InChI=1S/C15H14N4O2S2/c1-9-16-15(19-18-9)23-8-12-7-22-13(17-12)10-3-5-11(6-4-10)14(20)21-2/h3-7H,8H2,1-2H3,(H,16,18,19). The third-order valence-corrected chi connectivity index (χ3v) is 4.85. The van der Waals surface area contributed by atoms with Crippen LogP contribution in [0.25, 0.3) is 10.6 Å². The molecule has 0 aliphatic heterocycles. The van der Waals surface area contributed by atoms with Gasteiger partial charge in [0.15, 0.2) is 0 Å². The molecular formula is C15H14N4O2S2. The summed E-state index contributed by atoms with van der Waals surface area (Å²) >= 11 is 3.12. The summed E-state index contributed by atoms with van der Waals surface area (Å²) in [5.41, 5.74) is 2.49. The van der Waals surface area contributed by atoms with Gasteiger partial charge >= 0.3 is 5.97 Å². The van der Waals surface area contributed by atoms with E-state index in [2.05, 4.69) is 20.2 Å². The Hall–Kier alpha value is -2.19. The summed E-state index contributed by atoms with van der Waals surface area (Å²) in [6.07, 6.45) is 0. The third kappa shape index (κ3) is 3.77. The molecule has 1 N–H and O–H groups in total. The van der Waals surface area contributed by atoms with E-state index >= 15 is 0 Å². The van der Waals surface area contributed by atoms with Crippen LogP contribution in [0.5, 0.6) is 0 Å². The number of benzene rings is 1. The van der Waals surface area contributed by atoms with E-state index in [0.29, 0.717) is 11.3 Å². The van der Waals surface area contributed by atoms with E-state index in [0.717, 1.165) is 27.2 Å². The number of hydrogen-bond donors (Lipinski definition) is 1. The zero-order valence-corrected chi connectivity index (χ0v) is 14.2. The van der Waals surface area contributed by atoms with Gasteiger partial charge in [-0.05, 0) is 19.1 Å². The van der Waals surface area contributed by atoms with Gasteiger partial charge in [0, 0.05) is 16.7 Å². The van der Waals surface area contributed by atoms with Crippen molar-refractivity contribution in [2.24, 2.45) is 0 Å². The van der Waals surface area contributed by atoms with Crippen molar-refractivity contribution in [1.82, 2.24) is 20.2 Å². The van der Waals surface area contributed by atoms with Crippen molar-refractivity contribution < 1.29 is 9.53 Å². The fraction of sp³-hybridized carbons (Fsp3) is 0.200. The minimum atomic E-state index is -0.338. The minimum Gasteiger partial charge on any atom is -0.465 e. The maximum atomic E-state index is 11.4. The largest absolute Gasteiger partial charge is 0.465 e. The van der Waals surface area contributed by atoms with Crippen LogP contribution in [0.3, 0.4) is 0 Å². The lowest BCUT2D eigenvalue weighted by atomic mass is 10.1. The van der Waals surface area contributed by atoms with Crippen LogP contribution >= 0.6 is 23.1 Å². The highest BCUT2D eigenvalue weighted by Gasteiger charge is 2.09. The number of carbonyl (C=O) groups excluding carboxylic acids is 1. The number of aromatic amines is 1. The first-order valence-electron chi connectivity index (χ1n) is 6.80. The second-order valence-electron chi connectivity index (χ2n) is 4.70. The summed E-state index contributed by atoms with van der Waals surface area (Å²) in [5, 5.41) is 10.6. The molecule has 0 spiro atoms. The highest BCUT2D eigenvalue weighted by molar-refractivity contribution is 7.98. The van der Waals surface area contributed by atoms with Crippen molar-refractivity contribution in [3.63, 3.8) is 0 Å². The van der Waals surface area contributed by atoms with Crippen molar-refractivity contribution in [3.8, 4) is 10.6 Å². The number of methoxy groups -OCH3 is 1. The van der Waals surface area contributed by atoms with Crippen LogP contribution in [-0.4, -0.2) is 33.2 Å². The van der Waals surface area contributed by atoms with Gasteiger partial charge in [0.25, 0.3) is 0 Å². The molecule has 1 aromatic carbocycles. The fourth-order valence-electron chi connectivity index (χ4n) is 1.90. The summed E-state index contributed by atoms with van der Waals surface area (Å²) in [6.45, 7) is 1.87. The molecule has 6 nitrogen and oxygen atoms in total. The van der Waals surface area contributed by atoms with E-state index < -0.39 is 0 Å². The molecular weight excluding hydrogens is 332 g/mol. The van der Waals surface area contributed by atoms with Gasteiger partial charge in [0.1, 0.15) is 10.8 Å². The molecule has 0 aliphatic rings. The number of carbonyl (C=O) groups is 1. The number of nitrogens with zero attached hydrogens (tertiary/aromatic N) is 3. The quantitative estimate of drug-likeness (QED) is 0.564. The average Bonchev–Trinajstić information content (AvgIpc) is 3.21. The summed E-state index contributed by atoms with van der Waals surface area (Å²) in [6, 6.07) is 7.24. The third-order valence-electron chi connectivity index (χ3n) is 3.03. The lowest BCUT2D eigenvalue weighted by Gasteiger charge is -2.00. The highest BCUT2D eigenvalue weighted by atomic mass is 32.2. The lowest BCUT2D eigenvalue weighted by Crippen LogP contribution is -2.00. The average molecular weight is 346 g/mol. The maximum absolute atomic E-state index is 11.4. The van der Waals surface area contributed by atoms with Crippen LogP contribution in [0.4, 0.5) is 0 Å². The number of hydrogen-bond acceptors (Lipinski definition) is 7. The molecule has 118 valence electrons. The van der Waals surface area contributed by atoms with Crippen molar-refractivity contribution in [1.29, 1.82) is 0 Å². The Balaban J connectivity index is 1.67. The highest BCUT2D eigenvalue weighted by Crippen LogP contribution is 2.27. The van der Waals surface area contributed by atoms with E-state index in [4.69, 9.17) is 4.74 Å². The van der Waals surface area contributed by atoms with Gasteiger partial charge in [-0.3, -0.25) is 5.10 Å². The van der Waals surface area contributed by atoms with Crippen LogP contribution in [0.1, 0.15) is 21.9 Å². The number of esters is 1. The Kier molecular flexibility index (Phi) is 4.73. The molecule has 0 aliphatic carbocycles. The van der Waals surface area contributed by atoms with Gasteiger partial charge in [0.2, 0.25) is 5.16 Å². The summed E-state index contributed by atoms with van der Waals surface area (Å²) in [7, 11) is 1.37. The molecule has 23 heavy (non-hydrogen) atoms. The molecule has 8 heteroatoms. The molecule has 3 rings (SSSR count). The van der Waals surface area contributed by atoms with Gasteiger partial charge in [-0.15, -0.1) is 16.4 Å². The number of H-pyrrole nitrogens is 1. The zero-order chi connectivity index (χ0) is 16.2. The minimum absolute atomic E-state index is 0.338. The molecule has 0 radical (unpaired) electrons. The Morgan fingerprint density at radius 1 is 1.30 bits per heavy atom. The molecule has 0 fully saturated rings. The predicted octanol–water partition coefficient (Wildman–Crippen LogP) is 3.32. The summed E-state index contributed by atoms with van der Waals surface area (Å²) in [4.78, 5) is 20.3. The molecule has 0 saturated carbocycles. The Labute approximate surface area is 141 Å². The summed E-state index contributed by atoms with van der Waals surface area (Å²) < 4.78 is 4.69. The monoisotopic (exact) mass is 346 g/mol. The first-order chi connectivity index (χ1) is 11.2. The van der Waals surface area contributed by atoms with Crippen LogP contribution < -0.4 is 0 Å². The number of ether oxygens (including phenoxy) is 1. The Morgan fingerprint density at radius 3 is 2.74 bits per heavy atom. The molecule has 0 saturated heterocycles. The van der Waals surface area contributed by atoms with E-state index in [1.807, 2.05) is 24.4 Å². The number of rotatable bonds is 5. The van der Waals surface area contributed by atoms with Crippen LogP contribution in [-0.2, 0) is 10.5 Å². The molecule has 0 unspecified atom stereocenters. The number of nitrogens with one attached hydrogen (secondary N) is 1. The van der Waals surface area contributed by atoms with Gasteiger partial charge in [0.05, 0.1) is 18.4 Å². The van der Waals surface area contributed by atoms with Gasteiger partial charge < -0.3 is 4.74 Å². The van der Waals surface area contributed by atoms with Crippen LogP contribution in [0.2, 0.25) is 0 Å². The topological polar surface area (TPSA) is 80.8 Å². The van der Waals surface area contributed by atoms with Crippen molar-refractivity contribution in [2.45, 2.75) is 17.8 Å². The van der Waals surface area contributed by atoms with Crippen molar-refractivity contribution in [3.05, 3.63) is 46.7 Å². The van der Waals surface area contributed by atoms with Crippen molar-refractivity contribution >= 4 is 29.1 Å². The molecule has 3 aromatic rings. The van der Waals surface area contributed by atoms with E-state index in [1.165, 1.54) is 7.11 Å². The van der Waals surface area contributed by atoms with E-state index in [-0.39, 0.29) is 5.97 Å². The molecule has 0 amide bonds. The zero-order valence-electron chi connectivity index (χ0n) is 12.6. The molecule has 2 aromatic heterocycles. The first kappa shape index (κ1) is 15.7. The number of aromatic nitrogens is 4. The van der Waals surface area contributed by atoms with E-state index in [1.54, 1.807) is 35.2 Å². The molecule has 2 heterocycles. The second kappa shape index (κ2) is 6.93. The molecule has 0 bridgehead atoms. The van der Waals surface area contributed by atoms with Gasteiger partial charge in [-0.25, -0.2) is 14.8 Å². The van der Waals surface area contributed by atoms with E-state index in [9.17, 15) is 4.79 Å². The first-order valence-corrected chi connectivity index (χ1v) is 8.67. The summed E-state index contributed by atoms with van der Waals surface area (Å²) in [5.74, 6) is 1.18. The number of thioether (sulfide) groups is 1. The van der Waals surface area contributed by atoms with Crippen molar-refractivity contribution in [2.75, 3.05) is 7.11 Å². The number of thiazole rings is 1.